The number of rotatable bonds is 9. The number of aliphatic carboxylic acids is 1. The first-order valence-corrected chi connectivity index (χ1v) is 7.92. The Morgan fingerprint density at radius 1 is 0.958 bits per heavy atom. The number of hydrogen-bond acceptors (Lipinski definition) is 3. The van der Waals surface area contributed by atoms with E-state index in [1.165, 1.54) is 5.56 Å². The van der Waals surface area contributed by atoms with Crippen LogP contribution in [-0.2, 0) is 16.0 Å². The van der Waals surface area contributed by atoms with Crippen LogP contribution in [0, 0.1) is 0 Å². The molecule has 2 aromatic rings. The van der Waals surface area contributed by atoms with Crippen LogP contribution in [0.1, 0.15) is 24.8 Å². The van der Waals surface area contributed by atoms with Crippen LogP contribution >= 0.6 is 0 Å². The Kier molecular flexibility index (Phi) is 6.83. The quantitative estimate of drug-likeness (QED) is 0.739. The minimum absolute atomic E-state index is 0.00160. The van der Waals surface area contributed by atoms with Crippen molar-refractivity contribution in [2.75, 3.05) is 11.9 Å². The monoisotopic (exact) mass is 327 g/mol. The number of hydrogen-bond donors (Lipinski definition) is 2. The van der Waals surface area contributed by atoms with E-state index in [0.29, 0.717) is 18.7 Å². The van der Waals surface area contributed by atoms with Crippen molar-refractivity contribution in [2.45, 2.75) is 25.7 Å². The van der Waals surface area contributed by atoms with Crippen LogP contribution in [0.4, 0.5) is 5.69 Å². The molecule has 5 heteroatoms. The van der Waals surface area contributed by atoms with Crippen LogP contribution in [0.3, 0.4) is 0 Å². The summed E-state index contributed by atoms with van der Waals surface area (Å²) in [7, 11) is 0. The van der Waals surface area contributed by atoms with Gasteiger partial charge in [0.15, 0.2) is 0 Å². The Morgan fingerprint density at radius 3 is 2.33 bits per heavy atom. The molecule has 1 amide bonds. The molecule has 5 nitrogen and oxygen atoms in total. The zero-order valence-electron chi connectivity index (χ0n) is 13.4. The molecule has 0 bridgehead atoms. The fourth-order valence-corrected chi connectivity index (χ4v) is 2.19. The van der Waals surface area contributed by atoms with Crippen LogP contribution < -0.4 is 10.1 Å². The topological polar surface area (TPSA) is 75.6 Å². The fraction of sp³-hybridized carbons (Fsp3) is 0.263. The lowest BCUT2D eigenvalue weighted by Crippen LogP contribution is -2.11. The summed E-state index contributed by atoms with van der Waals surface area (Å²) in [6.07, 6.45) is 1.37. The molecule has 2 aromatic carbocycles. The number of benzene rings is 2. The fourth-order valence-electron chi connectivity index (χ4n) is 2.19. The van der Waals surface area contributed by atoms with Gasteiger partial charge in [-0.2, -0.15) is 0 Å². The van der Waals surface area contributed by atoms with Crippen LogP contribution in [-0.4, -0.2) is 23.6 Å². The summed E-state index contributed by atoms with van der Waals surface area (Å²) in [4.78, 5) is 22.1. The second kappa shape index (κ2) is 9.35. The maximum absolute atomic E-state index is 11.7. The molecule has 24 heavy (non-hydrogen) atoms. The van der Waals surface area contributed by atoms with Crippen LogP contribution in [0.25, 0.3) is 0 Å². The van der Waals surface area contributed by atoms with Crippen molar-refractivity contribution in [3.63, 3.8) is 0 Å². The van der Waals surface area contributed by atoms with Crippen molar-refractivity contribution in [1.82, 2.24) is 0 Å². The van der Waals surface area contributed by atoms with Gasteiger partial charge >= 0.3 is 5.97 Å². The third-order valence-electron chi connectivity index (χ3n) is 3.43. The molecular weight excluding hydrogens is 306 g/mol. The molecule has 0 aliphatic carbocycles. The van der Waals surface area contributed by atoms with Gasteiger partial charge in [0, 0.05) is 24.9 Å². The molecule has 0 radical (unpaired) electrons. The Balaban J connectivity index is 1.72. The maximum Gasteiger partial charge on any atom is 0.303 e. The molecule has 0 saturated carbocycles. The summed E-state index contributed by atoms with van der Waals surface area (Å²) in [5.74, 6) is -0.330. The minimum atomic E-state index is -0.889. The normalized spacial score (nSPS) is 10.2. The summed E-state index contributed by atoms with van der Waals surface area (Å²) in [6.45, 7) is 0.588. The van der Waals surface area contributed by atoms with E-state index in [0.717, 1.165) is 12.2 Å². The molecular formula is C19H21NO4. The SMILES string of the molecule is O=C(O)CCCC(=O)Nc1ccc(OCCc2ccccc2)cc1. The highest BCUT2D eigenvalue weighted by Crippen LogP contribution is 2.16. The molecule has 0 fully saturated rings. The lowest BCUT2D eigenvalue weighted by molar-refractivity contribution is -0.137. The van der Waals surface area contributed by atoms with Crippen molar-refractivity contribution in [1.29, 1.82) is 0 Å². The lowest BCUT2D eigenvalue weighted by atomic mass is 10.2. The zero-order chi connectivity index (χ0) is 17.2. The highest BCUT2D eigenvalue weighted by atomic mass is 16.5. The van der Waals surface area contributed by atoms with Gasteiger partial charge in [0.1, 0.15) is 5.75 Å². The number of anilines is 1. The molecule has 0 unspecified atom stereocenters. The number of nitrogens with one attached hydrogen (secondary N) is 1. The largest absolute Gasteiger partial charge is 0.493 e. The minimum Gasteiger partial charge on any atom is -0.493 e. The van der Waals surface area contributed by atoms with E-state index < -0.39 is 5.97 Å². The maximum atomic E-state index is 11.7. The van der Waals surface area contributed by atoms with E-state index in [9.17, 15) is 9.59 Å². The van der Waals surface area contributed by atoms with Crippen molar-refractivity contribution in [3.05, 3.63) is 60.2 Å². The molecule has 0 heterocycles. The first-order chi connectivity index (χ1) is 11.6. The van der Waals surface area contributed by atoms with Crippen LogP contribution in [0.2, 0.25) is 0 Å². The molecule has 0 spiro atoms. The lowest BCUT2D eigenvalue weighted by Gasteiger charge is -2.08. The van der Waals surface area contributed by atoms with Gasteiger partial charge in [-0.25, -0.2) is 0 Å². The van der Waals surface area contributed by atoms with Gasteiger partial charge in [-0.1, -0.05) is 30.3 Å². The Morgan fingerprint density at radius 2 is 1.67 bits per heavy atom. The molecule has 0 saturated heterocycles. The highest BCUT2D eigenvalue weighted by molar-refractivity contribution is 5.90. The standard InChI is InChI=1S/C19H21NO4/c21-18(7-4-8-19(22)23)20-16-9-11-17(12-10-16)24-14-13-15-5-2-1-3-6-15/h1-3,5-6,9-12H,4,7-8,13-14H2,(H,20,21)(H,22,23). The smallest absolute Gasteiger partial charge is 0.303 e. The first-order valence-electron chi connectivity index (χ1n) is 7.92. The van der Waals surface area contributed by atoms with Crippen LogP contribution in [0.5, 0.6) is 5.75 Å². The van der Waals surface area contributed by atoms with E-state index in [1.54, 1.807) is 24.3 Å². The summed E-state index contributed by atoms with van der Waals surface area (Å²) in [6, 6.07) is 17.3. The first kappa shape index (κ1) is 17.5. The Bertz CT molecular complexity index is 653. The highest BCUT2D eigenvalue weighted by Gasteiger charge is 2.05. The van der Waals surface area contributed by atoms with Crippen molar-refractivity contribution < 1.29 is 19.4 Å². The molecule has 0 atom stereocenters. The van der Waals surface area contributed by atoms with E-state index >= 15 is 0 Å². The molecule has 126 valence electrons. The van der Waals surface area contributed by atoms with Gasteiger partial charge in [0.2, 0.25) is 5.91 Å². The van der Waals surface area contributed by atoms with Gasteiger partial charge in [0.05, 0.1) is 6.61 Å². The number of ether oxygens (including phenoxy) is 1. The molecule has 2 N–H and O–H groups in total. The van der Waals surface area contributed by atoms with Gasteiger partial charge in [-0.05, 0) is 36.2 Å². The third-order valence-corrected chi connectivity index (χ3v) is 3.43. The number of amides is 1. The van der Waals surface area contributed by atoms with Gasteiger partial charge in [0.25, 0.3) is 0 Å². The van der Waals surface area contributed by atoms with E-state index in [2.05, 4.69) is 17.4 Å². The summed E-state index contributed by atoms with van der Waals surface area (Å²) in [5, 5.41) is 11.3. The Labute approximate surface area is 141 Å². The van der Waals surface area contributed by atoms with Gasteiger partial charge < -0.3 is 15.2 Å². The number of carboxylic acids is 1. The predicted octanol–water partition coefficient (Wildman–Crippen LogP) is 3.50. The number of carboxylic acid groups (broad SMARTS) is 1. The van der Waals surface area contributed by atoms with E-state index in [4.69, 9.17) is 9.84 Å². The summed E-state index contributed by atoms with van der Waals surface area (Å²) in [5.41, 5.74) is 1.90. The van der Waals surface area contributed by atoms with Gasteiger partial charge in [-0.15, -0.1) is 0 Å². The second-order valence-electron chi connectivity index (χ2n) is 5.40. The van der Waals surface area contributed by atoms with Crippen molar-refractivity contribution in [3.8, 4) is 5.75 Å². The molecule has 0 aliphatic heterocycles. The Hall–Kier alpha value is -2.82. The zero-order valence-corrected chi connectivity index (χ0v) is 13.4. The number of carbonyl (C=O) groups excluding carboxylic acids is 1. The number of carbonyl (C=O) groups is 2. The summed E-state index contributed by atoms with van der Waals surface area (Å²) < 4.78 is 5.68. The van der Waals surface area contributed by atoms with Crippen molar-refractivity contribution >= 4 is 17.6 Å². The van der Waals surface area contributed by atoms with E-state index in [1.807, 2.05) is 18.2 Å². The average molecular weight is 327 g/mol. The van der Waals surface area contributed by atoms with Gasteiger partial charge in [-0.3, -0.25) is 9.59 Å². The predicted molar refractivity (Wildman–Crippen MR) is 92.2 cm³/mol. The molecule has 2 rings (SSSR count). The molecule has 0 aliphatic rings. The van der Waals surface area contributed by atoms with Crippen LogP contribution in [0.15, 0.2) is 54.6 Å². The summed E-state index contributed by atoms with van der Waals surface area (Å²) >= 11 is 0. The average Bonchev–Trinajstić information content (AvgIpc) is 2.57. The third kappa shape index (κ3) is 6.52. The van der Waals surface area contributed by atoms with E-state index in [-0.39, 0.29) is 18.7 Å². The van der Waals surface area contributed by atoms with Crippen molar-refractivity contribution in [2.24, 2.45) is 0 Å². The molecule has 0 aromatic heterocycles. The second-order valence-corrected chi connectivity index (χ2v) is 5.40.